The average Bonchev–Trinajstić information content (AvgIpc) is 2.43. The number of benzene rings is 1. The molecule has 1 aromatic carbocycles. The van der Waals surface area contributed by atoms with Crippen LogP contribution in [0.5, 0.6) is 0 Å². The predicted octanol–water partition coefficient (Wildman–Crippen LogP) is 3.93. The number of carbonyl (C=O) groups is 1. The number of amides is 1. The Morgan fingerprint density at radius 2 is 1.95 bits per heavy atom. The van der Waals surface area contributed by atoms with Crippen LogP contribution in [-0.4, -0.2) is 18.2 Å². The molecule has 0 bridgehead atoms. The Hall–Kier alpha value is -1.36. The maximum atomic E-state index is 11.7. The minimum Gasteiger partial charge on any atom is -0.376 e. The van der Waals surface area contributed by atoms with Gasteiger partial charge in [0.1, 0.15) is 0 Å². The van der Waals surface area contributed by atoms with Crippen LogP contribution < -0.4 is 10.7 Å². The molecule has 1 rings (SSSR count). The molecule has 1 amide bonds. The van der Waals surface area contributed by atoms with Crippen molar-refractivity contribution in [2.45, 2.75) is 39.5 Å². The summed E-state index contributed by atoms with van der Waals surface area (Å²) in [5.41, 5.74) is 4.58. The molecule has 0 saturated heterocycles. The van der Waals surface area contributed by atoms with E-state index >= 15 is 0 Å². The summed E-state index contributed by atoms with van der Waals surface area (Å²) in [6, 6.07) is 7.71. The van der Waals surface area contributed by atoms with E-state index in [4.69, 9.17) is 0 Å². The molecule has 5 heteroatoms. The summed E-state index contributed by atoms with van der Waals surface area (Å²) in [7, 11) is 0. The zero-order chi connectivity index (χ0) is 14.8. The minimum atomic E-state index is -0.130. The van der Waals surface area contributed by atoms with E-state index in [1.165, 1.54) is 0 Å². The molecule has 0 heterocycles. The molecule has 0 spiro atoms. The van der Waals surface area contributed by atoms with E-state index in [0.29, 0.717) is 0 Å². The molecular weight excluding hydrogens is 318 g/mol. The van der Waals surface area contributed by atoms with E-state index in [1.807, 2.05) is 24.3 Å². The second-order valence-electron chi connectivity index (χ2n) is 4.58. The van der Waals surface area contributed by atoms with Crippen molar-refractivity contribution in [3.05, 3.63) is 28.7 Å². The molecule has 0 aliphatic heterocycles. The number of hydrazone groups is 1. The molecular formula is C15H22BrN3O. The van der Waals surface area contributed by atoms with Gasteiger partial charge in [0, 0.05) is 15.9 Å². The Balaban J connectivity index is 2.41. The first-order valence-electron chi connectivity index (χ1n) is 6.99. The van der Waals surface area contributed by atoms with Crippen LogP contribution in [-0.2, 0) is 4.79 Å². The molecule has 0 fully saturated rings. The molecule has 0 radical (unpaired) electrons. The highest BCUT2D eigenvalue weighted by molar-refractivity contribution is 9.10. The zero-order valence-corrected chi connectivity index (χ0v) is 13.7. The minimum absolute atomic E-state index is 0.130. The third-order valence-corrected chi connectivity index (χ3v) is 3.19. The predicted molar refractivity (Wildman–Crippen MR) is 88.0 cm³/mol. The van der Waals surface area contributed by atoms with Gasteiger partial charge in [0.15, 0.2) is 0 Å². The summed E-state index contributed by atoms with van der Waals surface area (Å²) in [6.07, 6.45) is 3.97. The van der Waals surface area contributed by atoms with Gasteiger partial charge in [-0.2, -0.15) is 5.10 Å². The van der Waals surface area contributed by atoms with Crippen molar-refractivity contribution in [3.8, 4) is 0 Å². The van der Waals surface area contributed by atoms with Crippen LogP contribution in [0.25, 0.3) is 0 Å². The van der Waals surface area contributed by atoms with Crippen molar-refractivity contribution in [2.75, 3.05) is 11.9 Å². The summed E-state index contributed by atoms with van der Waals surface area (Å²) in [4.78, 5) is 11.7. The van der Waals surface area contributed by atoms with Gasteiger partial charge in [-0.25, -0.2) is 5.43 Å². The largest absolute Gasteiger partial charge is 0.376 e. The van der Waals surface area contributed by atoms with E-state index in [9.17, 15) is 4.79 Å². The number of rotatable bonds is 8. The molecule has 1 aromatic rings. The molecule has 0 aromatic heterocycles. The lowest BCUT2D eigenvalue weighted by atomic mass is 10.1. The van der Waals surface area contributed by atoms with Crippen LogP contribution in [0.3, 0.4) is 0 Å². The molecule has 4 nitrogen and oxygen atoms in total. The summed E-state index contributed by atoms with van der Waals surface area (Å²) in [6.45, 7) is 4.44. The fourth-order valence-corrected chi connectivity index (χ4v) is 2.17. The first kappa shape index (κ1) is 16.7. The van der Waals surface area contributed by atoms with Gasteiger partial charge in [-0.1, -0.05) is 48.7 Å². The highest BCUT2D eigenvalue weighted by atomic mass is 79.9. The molecule has 20 heavy (non-hydrogen) atoms. The van der Waals surface area contributed by atoms with E-state index in [2.05, 4.69) is 45.6 Å². The number of halogens is 1. The van der Waals surface area contributed by atoms with Gasteiger partial charge in [0.2, 0.25) is 0 Å². The van der Waals surface area contributed by atoms with Crippen LogP contribution in [0.4, 0.5) is 5.69 Å². The van der Waals surface area contributed by atoms with Gasteiger partial charge in [-0.3, -0.25) is 4.79 Å². The Morgan fingerprint density at radius 1 is 1.25 bits per heavy atom. The number of carbonyl (C=O) groups excluding carboxylic acids is 1. The SMILES string of the molecule is CCCC(CCC)=NNC(=O)CNc1cccc(Br)c1. The van der Waals surface area contributed by atoms with Gasteiger partial charge in [-0.05, 0) is 31.0 Å². The summed E-state index contributed by atoms with van der Waals surface area (Å²) < 4.78 is 0.981. The maximum absolute atomic E-state index is 11.7. The first-order chi connectivity index (χ1) is 9.65. The van der Waals surface area contributed by atoms with Crippen LogP contribution in [0.2, 0.25) is 0 Å². The fraction of sp³-hybridized carbons (Fsp3) is 0.467. The number of hydrogen-bond acceptors (Lipinski definition) is 3. The van der Waals surface area contributed by atoms with Crippen LogP contribution in [0.15, 0.2) is 33.8 Å². The summed E-state index contributed by atoms with van der Waals surface area (Å²) in [5.74, 6) is -0.130. The quantitative estimate of drug-likeness (QED) is 0.556. The third kappa shape index (κ3) is 6.70. The number of nitrogens with one attached hydrogen (secondary N) is 2. The number of anilines is 1. The Morgan fingerprint density at radius 3 is 2.55 bits per heavy atom. The lowest BCUT2D eigenvalue weighted by Crippen LogP contribution is -2.27. The normalized spacial score (nSPS) is 9.95. The van der Waals surface area contributed by atoms with Crippen molar-refractivity contribution in [1.29, 1.82) is 0 Å². The van der Waals surface area contributed by atoms with E-state index < -0.39 is 0 Å². The van der Waals surface area contributed by atoms with Crippen molar-refractivity contribution >= 4 is 33.2 Å². The standard InChI is InChI=1S/C15H22BrN3O/c1-3-6-13(7-4-2)18-19-15(20)11-17-14-9-5-8-12(16)10-14/h5,8-10,17H,3-4,6-7,11H2,1-2H3,(H,19,20). The third-order valence-electron chi connectivity index (χ3n) is 2.69. The van der Waals surface area contributed by atoms with Crippen molar-refractivity contribution < 1.29 is 4.79 Å². The lowest BCUT2D eigenvalue weighted by Gasteiger charge is -2.07. The monoisotopic (exact) mass is 339 g/mol. The Kier molecular flexibility index (Phi) is 7.95. The van der Waals surface area contributed by atoms with Crippen LogP contribution >= 0.6 is 15.9 Å². The van der Waals surface area contributed by atoms with Gasteiger partial charge in [0.25, 0.3) is 5.91 Å². The molecule has 0 atom stereocenters. The number of nitrogens with zero attached hydrogens (tertiary/aromatic N) is 1. The first-order valence-corrected chi connectivity index (χ1v) is 7.78. The molecule has 0 unspecified atom stereocenters. The summed E-state index contributed by atoms with van der Waals surface area (Å²) in [5, 5.41) is 7.26. The van der Waals surface area contributed by atoms with Crippen LogP contribution in [0.1, 0.15) is 39.5 Å². The van der Waals surface area contributed by atoms with Gasteiger partial charge < -0.3 is 5.32 Å². The fourth-order valence-electron chi connectivity index (χ4n) is 1.78. The van der Waals surface area contributed by atoms with Gasteiger partial charge >= 0.3 is 0 Å². The van der Waals surface area contributed by atoms with Crippen molar-refractivity contribution in [2.24, 2.45) is 5.10 Å². The highest BCUT2D eigenvalue weighted by Crippen LogP contribution is 2.15. The Labute approximate surface area is 129 Å². The second-order valence-corrected chi connectivity index (χ2v) is 5.49. The Bertz CT molecular complexity index is 452. The zero-order valence-electron chi connectivity index (χ0n) is 12.1. The summed E-state index contributed by atoms with van der Waals surface area (Å²) >= 11 is 3.39. The van der Waals surface area contributed by atoms with Gasteiger partial charge in [0.05, 0.1) is 6.54 Å². The van der Waals surface area contributed by atoms with E-state index in [0.717, 1.165) is 41.6 Å². The average molecular weight is 340 g/mol. The van der Waals surface area contributed by atoms with Crippen LogP contribution in [0, 0.1) is 0 Å². The molecule has 0 aliphatic carbocycles. The van der Waals surface area contributed by atoms with Crippen molar-refractivity contribution in [1.82, 2.24) is 5.43 Å². The second kappa shape index (κ2) is 9.53. The lowest BCUT2D eigenvalue weighted by molar-refractivity contribution is -0.119. The highest BCUT2D eigenvalue weighted by Gasteiger charge is 2.02. The molecule has 0 saturated carbocycles. The molecule has 110 valence electrons. The van der Waals surface area contributed by atoms with Crippen molar-refractivity contribution in [3.63, 3.8) is 0 Å². The van der Waals surface area contributed by atoms with Gasteiger partial charge in [-0.15, -0.1) is 0 Å². The molecule has 0 aliphatic rings. The smallest absolute Gasteiger partial charge is 0.259 e. The molecule has 2 N–H and O–H groups in total. The topological polar surface area (TPSA) is 53.5 Å². The maximum Gasteiger partial charge on any atom is 0.259 e. The van der Waals surface area contributed by atoms with E-state index in [-0.39, 0.29) is 12.5 Å². The van der Waals surface area contributed by atoms with E-state index in [1.54, 1.807) is 0 Å². The number of hydrogen-bond donors (Lipinski definition) is 2.